The fourth-order valence-electron chi connectivity index (χ4n) is 5.59. The monoisotopic (exact) mass is 464 g/mol. The molecule has 2 fully saturated rings. The van der Waals surface area contributed by atoms with Gasteiger partial charge in [-0.2, -0.15) is 5.10 Å². The van der Waals surface area contributed by atoms with Crippen LogP contribution in [0.1, 0.15) is 31.2 Å². The molecule has 2 aliphatic heterocycles. The molecule has 2 bridgehead atoms. The van der Waals surface area contributed by atoms with Gasteiger partial charge >= 0.3 is 0 Å². The van der Waals surface area contributed by atoms with Gasteiger partial charge in [0.25, 0.3) is 0 Å². The van der Waals surface area contributed by atoms with Gasteiger partial charge in [-0.25, -0.2) is 17.4 Å². The number of aromatic nitrogens is 4. The first kappa shape index (κ1) is 20.7. The molecule has 3 aromatic rings. The summed E-state index contributed by atoms with van der Waals surface area (Å²) >= 11 is 0. The van der Waals surface area contributed by atoms with Crippen molar-refractivity contribution in [3.05, 3.63) is 72.5 Å². The Balaban J connectivity index is 1.45. The molecule has 3 aliphatic rings. The number of likely N-dealkylation sites (tertiary alicyclic amines) is 1. The summed E-state index contributed by atoms with van der Waals surface area (Å²) in [4.78, 5) is 6.76. The van der Waals surface area contributed by atoms with Crippen LogP contribution in [0.2, 0.25) is 0 Å². The Kier molecular flexibility index (Phi) is 4.57. The minimum absolute atomic E-state index is 0.384. The molecular formula is C24H28N6O2S. The van der Waals surface area contributed by atoms with E-state index in [2.05, 4.69) is 26.4 Å². The fourth-order valence-corrected chi connectivity index (χ4v) is 7.38. The second-order valence-corrected chi connectivity index (χ2v) is 11.8. The van der Waals surface area contributed by atoms with Crippen molar-refractivity contribution in [1.29, 1.82) is 0 Å². The van der Waals surface area contributed by atoms with Crippen LogP contribution in [0.3, 0.4) is 0 Å². The van der Waals surface area contributed by atoms with Gasteiger partial charge in [-0.3, -0.25) is 4.68 Å². The summed E-state index contributed by atoms with van der Waals surface area (Å²) in [6.45, 7) is 3.70. The molecule has 1 N–H and O–H groups in total. The highest BCUT2D eigenvalue weighted by molar-refractivity contribution is 7.91. The van der Waals surface area contributed by atoms with E-state index < -0.39 is 14.8 Å². The lowest BCUT2D eigenvalue weighted by Crippen LogP contribution is -2.51. The summed E-state index contributed by atoms with van der Waals surface area (Å²) in [7, 11) is -1.98. The molecule has 0 spiro atoms. The Hall–Kier alpha value is -2.91. The fraction of sp³-hybridized carbons (Fsp3) is 0.417. The van der Waals surface area contributed by atoms with Gasteiger partial charge in [0, 0.05) is 67.8 Å². The third-order valence-electron chi connectivity index (χ3n) is 7.44. The van der Waals surface area contributed by atoms with Crippen LogP contribution in [-0.2, 0) is 17.1 Å². The smallest absolute Gasteiger partial charge is 0.250 e. The highest BCUT2D eigenvalue weighted by Gasteiger charge is 2.48. The Morgan fingerprint density at radius 2 is 1.97 bits per heavy atom. The maximum absolute atomic E-state index is 14.2. The summed E-state index contributed by atoms with van der Waals surface area (Å²) < 4.78 is 30.2. The lowest BCUT2D eigenvalue weighted by molar-refractivity contribution is 0.247. The zero-order chi connectivity index (χ0) is 22.8. The highest BCUT2D eigenvalue weighted by atomic mass is 32.2. The maximum atomic E-state index is 14.2. The third kappa shape index (κ3) is 3.17. The van der Waals surface area contributed by atoms with Gasteiger partial charge in [-0.15, -0.1) is 0 Å². The predicted octanol–water partition coefficient (Wildman–Crippen LogP) is 2.38. The lowest BCUT2D eigenvalue weighted by Gasteiger charge is -2.40. The van der Waals surface area contributed by atoms with E-state index in [0.717, 1.165) is 29.7 Å². The van der Waals surface area contributed by atoms with Crippen LogP contribution >= 0.6 is 0 Å². The van der Waals surface area contributed by atoms with E-state index in [9.17, 15) is 8.42 Å². The maximum Gasteiger partial charge on any atom is 0.250 e. The SMILES string of the molecule is Cn1cc(C2C=C(N3CC4CCC(C3)N4)C=CC2(C)S(=O)(=O)n2ccc3cccnc32)cn1. The Morgan fingerprint density at radius 1 is 1.18 bits per heavy atom. The predicted molar refractivity (Wildman–Crippen MR) is 127 cm³/mol. The van der Waals surface area contributed by atoms with E-state index in [0.29, 0.717) is 17.7 Å². The first-order valence-corrected chi connectivity index (χ1v) is 12.9. The molecule has 0 radical (unpaired) electrons. The Morgan fingerprint density at radius 3 is 2.70 bits per heavy atom. The van der Waals surface area contributed by atoms with E-state index >= 15 is 0 Å². The van der Waals surface area contributed by atoms with Gasteiger partial charge in [0.15, 0.2) is 5.65 Å². The van der Waals surface area contributed by atoms with Crippen molar-refractivity contribution in [3.8, 4) is 0 Å². The summed E-state index contributed by atoms with van der Waals surface area (Å²) in [5, 5.41) is 8.82. The number of allylic oxidation sites excluding steroid dienone is 2. The van der Waals surface area contributed by atoms with E-state index in [-0.39, 0.29) is 5.92 Å². The number of rotatable bonds is 4. The first-order valence-electron chi connectivity index (χ1n) is 11.4. The Labute approximate surface area is 193 Å². The van der Waals surface area contributed by atoms with Crippen molar-refractivity contribution in [2.45, 2.75) is 42.5 Å². The van der Waals surface area contributed by atoms with Crippen LogP contribution in [0.15, 0.2) is 66.9 Å². The van der Waals surface area contributed by atoms with Crippen molar-refractivity contribution < 1.29 is 8.42 Å². The van der Waals surface area contributed by atoms with Crippen molar-refractivity contribution in [2.24, 2.45) is 7.05 Å². The van der Waals surface area contributed by atoms with E-state index in [4.69, 9.17) is 0 Å². The zero-order valence-electron chi connectivity index (χ0n) is 18.8. The van der Waals surface area contributed by atoms with Crippen LogP contribution in [0.5, 0.6) is 0 Å². The molecule has 4 atom stereocenters. The standard InChI is InChI=1S/C24H28N6O2S/c1-24(33(31,32)30-11-8-17-4-3-10-25-23(17)30)9-7-21(12-22(24)18-13-26-28(2)14-18)29-15-19-5-6-20(16-29)27-19/h3-4,7-14,19-20,22,27H,5-6,15-16H2,1-2H3. The molecule has 172 valence electrons. The summed E-state index contributed by atoms with van der Waals surface area (Å²) in [6.07, 6.45) is 15.3. The van der Waals surface area contributed by atoms with Crippen molar-refractivity contribution >= 4 is 21.1 Å². The Bertz CT molecular complexity index is 1370. The van der Waals surface area contributed by atoms with Crippen molar-refractivity contribution in [1.82, 2.24) is 29.0 Å². The molecule has 1 aliphatic carbocycles. The number of pyridine rings is 1. The molecule has 4 unspecified atom stereocenters. The van der Waals surface area contributed by atoms with Crippen LogP contribution in [-0.4, -0.2) is 62.0 Å². The second kappa shape index (κ2) is 7.30. The topological polar surface area (TPSA) is 85.0 Å². The van der Waals surface area contributed by atoms with Gasteiger partial charge in [-0.05, 0) is 49.6 Å². The zero-order valence-corrected chi connectivity index (χ0v) is 19.6. The number of fused-ring (bicyclic) bond motifs is 3. The van der Waals surface area contributed by atoms with Gasteiger partial charge in [0.1, 0.15) is 4.75 Å². The molecule has 33 heavy (non-hydrogen) atoms. The van der Waals surface area contributed by atoms with Gasteiger partial charge < -0.3 is 10.2 Å². The molecule has 9 heteroatoms. The molecule has 3 aromatic heterocycles. The van der Waals surface area contributed by atoms with E-state index in [1.54, 1.807) is 36.3 Å². The number of hydrogen-bond donors (Lipinski definition) is 1. The van der Waals surface area contributed by atoms with E-state index in [1.165, 1.54) is 16.8 Å². The van der Waals surface area contributed by atoms with E-state index in [1.807, 2.05) is 37.5 Å². The van der Waals surface area contributed by atoms with Crippen LogP contribution in [0.4, 0.5) is 0 Å². The number of nitrogens with zero attached hydrogens (tertiary/aromatic N) is 5. The minimum atomic E-state index is -3.84. The molecule has 8 nitrogen and oxygen atoms in total. The second-order valence-electron chi connectivity index (χ2n) is 9.61. The van der Waals surface area contributed by atoms with Crippen LogP contribution < -0.4 is 5.32 Å². The lowest BCUT2D eigenvalue weighted by atomic mass is 9.83. The summed E-state index contributed by atoms with van der Waals surface area (Å²) in [5.74, 6) is -0.384. The van der Waals surface area contributed by atoms with Crippen molar-refractivity contribution in [2.75, 3.05) is 13.1 Å². The molecule has 5 heterocycles. The number of nitrogens with one attached hydrogen (secondary N) is 1. The third-order valence-corrected chi connectivity index (χ3v) is 9.75. The average molecular weight is 465 g/mol. The van der Waals surface area contributed by atoms with Crippen LogP contribution in [0.25, 0.3) is 11.0 Å². The normalized spacial score (nSPS) is 29.6. The molecule has 6 rings (SSSR count). The average Bonchev–Trinajstić information content (AvgIpc) is 3.52. The highest BCUT2D eigenvalue weighted by Crippen LogP contribution is 2.43. The molecular weight excluding hydrogens is 436 g/mol. The number of aryl methyl sites for hydroxylation is 1. The van der Waals surface area contributed by atoms with Gasteiger partial charge in [0.2, 0.25) is 10.0 Å². The van der Waals surface area contributed by atoms with Gasteiger partial charge in [-0.1, -0.05) is 12.2 Å². The molecule has 2 saturated heterocycles. The minimum Gasteiger partial charge on any atom is -0.369 e. The largest absolute Gasteiger partial charge is 0.369 e. The van der Waals surface area contributed by atoms with Crippen molar-refractivity contribution in [3.63, 3.8) is 0 Å². The molecule has 0 saturated carbocycles. The number of piperazine rings is 1. The summed E-state index contributed by atoms with van der Waals surface area (Å²) in [5.41, 5.74) is 2.42. The van der Waals surface area contributed by atoms with Crippen LogP contribution in [0, 0.1) is 0 Å². The first-order chi connectivity index (χ1) is 15.8. The summed E-state index contributed by atoms with van der Waals surface area (Å²) in [6, 6.07) is 6.50. The van der Waals surface area contributed by atoms with Gasteiger partial charge in [0.05, 0.1) is 6.20 Å². The number of hydrogen-bond acceptors (Lipinski definition) is 6. The molecule has 0 aromatic carbocycles. The molecule has 0 amide bonds. The quantitative estimate of drug-likeness (QED) is 0.638.